The Balaban J connectivity index is 1.92. The van der Waals surface area contributed by atoms with Gasteiger partial charge in [0.05, 0.1) is 5.69 Å². The van der Waals surface area contributed by atoms with Crippen LogP contribution >= 0.6 is 0 Å². The number of benzene rings is 2. The molecule has 1 aliphatic heterocycles. The molecule has 3 N–H and O–H groups in total. The predicted molar refractivity (Wildman–Crippen MR) is 78.6 cm³/mol. The van der Waals surface area contributed by atoms with Crippen molar-refractivity contribution in [3.63, 3.8) is 0 Å². The fourth-order valence-electron chi connectivity index (χ4n) is 2.30. The Kier molecular flexibility index (Phi) is 3.39. The van der Waals surface area contributed by atoms with Crippen LogP contribution in [0.2, 0.25) is 0 Å². The number of hydrogen-bond donors (Lipinski definition) is 2. The van der Waals surface area contributed by atoms with Crippen LogP contribution in [0.25, 0.3) is 11.1 Å². The fraction of sp³-hybridized carbons (Fsp3) is 0.188. The molecule has 102 valence electrons. The Morgan fingerprint density at radius 3 is 2.65 bits per heavy atom. The van der Waals surface area contributed by atoms with Gasteiger partial charge in [-0.25, -0.2) is 0 Å². The van der Waals surface area contributed by atoms with Crippen molar-refractivity contribution < 1.29 is 9.53 Å². The van der Waals surface area contributed by atoms with Crippen molar-refractivity contribution in [1.82, 2.24) is 0 Å². The van der Waals surface area contributed by atoms with Crippen LogP contribution in [0.3, 0.4) is 0 Å². The molecule has 0 bridgehead atoms. The van der Waals surface area contributed by atoms with Gasteiger partial charge in [-0.2, -0.15) is 0 Å². The molecular weight excluding hydrogens is 252 g/mol. The molecule has 2 aromatic rings. The van der Waals surface area contributed by atoms with Crippen molar-refractivity contribution in [3.05, 3.63) is 48.5 Å². The van der Waals surface area contributed by atoms with Gasteiger partial charge in [0.25, 0.3) is 5.91 Å². The Morgan fingerprint density at radius 2 is 1.90 bits per heavy atom. The largest absolute Gasteiger partial charge is 0.478 e. The molecule has 4 nitrogen and oxygen atoms in total. The van der Waals surface area contributed by atoms with E-state index in [1.807, 2.05) is 48.5 Å². The molecule has 3 rings (SSSR count). The number of carbonyl (C=O) groups is 1. The summed E-state index contributed by atoms with van der Waals surface area (Å²) in [6.07, 6.45) is 0.0289. The Morgan fingerprint density at radius 1 is 1.10 bits per heavy atom. The number of amides is 1. The van der Waals surface area contributed by atoms with Gasteiger partial charge in [0, 0.05) is 6.42 Å². The third-order valence-corrected chi connectivity index (χ3v) is 3.34. The first-order valence-corrected chi connectivity index (χ1v) is 6.65. The summed E-state index contributed by atoms with van der Waals surface area (Å²) >= 11 is 0. The lowest BCUT2D eigenvalue weighted by atomic mass is 10.0. The van der Waals surface area contributed by atoms with Crippen molar-refractivity contribution in [2.45, 2.75) is 12.5 Å². The fourth-order valence-corrected chi connectivity index (χ4v) is 2.30. The Bertz CT molecular complexity index is 626. The molecule has 0 aliphatic carbocycles. The lowest BCUT2D eigenvalue weighted by Gasteiger charge is -2.26. The van der Waals surface area contributed by atoms with Crippen LogP contribution in [0, 0.1) is 0 Å². The van der Waals surface area contributed by atoms with E-state index in [1.165, 1.54) is 0 Å². The zero-order valence-electron chi connectivity index (χ0n) is 11.0. The second-order valence-electron chi connectivity index (χ2n) is 4.75. The molecule has 0 radical (unpaired) electrons. The summed E-state index contributed by atoms with van der Waals surface area (Å²) in [5.74, 6) is 0.566. The quantitative estimate of drug-likeness (QED) is 0.898. The normalized spacial score (nSPS) is 17.1. The van der Waals surface area contributed by atoms with Crippen LogP contribution in [0.5, 0.6) is 5.75 Å². The summed E-state index contributed by atoms with van der Waals surface area (Å²) in [5.41, 5.74) is 8.35. The van der Waals surface area contributed by atoms with Gasteiger partial charge in [0.2, 0.25) is 0 Å². The highest BCUT2D eigenvalue weighted by atomic mass is 16.5. The molecule has 2 aromatic carbocycles. The molecule has 20 heavy (non-hydrogen) atoms. The summed E-state index contributed by atoms with van der Waals surface area (Å²) < 4.78 is 5.68. The average Bonchev–Trinajstić information content (AvgIpc) is 2.49. The van der Waals surface area contributed by atoms with E-state index in [0.717, 1.165) is 11.1 Å². The first-order valence-electron chi connectivity index (χ1n) is 6.65. The number of hydrogen-bond acceptors (Lipinski definition) is 3. The highest BCUT2D eigenvalue weighted by Gasteiger charge is 2.26. The molecule has 0 saturated heterocycles. The molecule has 1 atom stereocenters. The maximum atomic E-state index is 11.9. The van der Waals surface area contributed by atoms with E-state index in [9.17, 15) is 4.79 Å². The molecule has 0 saturated carbocycles. The summed E-state index contributed by atoms with van der Waals surface area (Å²) in [6.45, 7) is 0.426. The van der Waals surface area contributed by atoms with Crippen molar-refractivity contribution in [2.75, 3.05) is 11.9 Å². The molecular formula is C16H16N2O2. The van der Waals surface area contributed by atoms with E-state index in [4.69, 9.17) is 10.5 Å². The molecule has 0 aromatic heterocycles. The second-order valence-corrected chi connectivity index (χ2v) is 4.75. The minimum atomic E-state index is -0.491. The molecule has 0 spiro atoms. The number of carbonyl (C=O) groups excluding carboxylic acids is 1. The molecule has 1 aliphatic rings. The second kappa shape index (κ2) is 5.35. The monoisotopic (exact) mass is 268 g/mol. The molecule has 1 amide bonds. The molecule has 1 unspecified atom stereocenters. The number of anilines is 1. The van der Waals surface area contributed by atoms with Gasteiger partial charge in [-0.3, -0.25) is 4.79 Å². The van der Waals surface area contributed by atoms with Gasteiger partial charge in [-0.1, -0.05) is 36.4 Å². The molecule has 1 heterocycles. The highest BCUT2D eigenvalue weighted by Crippen LogP contribution is 2.34. The third kappa shape index (κ3) is 2.38. The zero-order chi connectivity index (χ0) is 13.9. The van der Waals surface area contributed by atoms with E-state index < -0.39 is 6.10 Å². The summed E-state index contributed by atoms with van der Waals surface area (Å²) in [5, 5.41) is 2.89. The van der Waals surface area contributed by atoms with Crippen LogP contribution in [-0.4, -0.2) is 18.6 Å². The predicted octanol–water partition coefficient (Wildman–Crippen LogP) is 2.40. The van der Waals surface area contributed by atoms with Crippen LogP contribution < -0.4 is 15.8 Å². The lowest BCUT2D eigenvalue weighted by molar-refractivity contribution is -0.123. The zero-order valence-corrected chi connectivity index (χ0v) is 11.0. The molecule has 4 heteroatoms. The van der Waals surface area contributed by atoms with Crippen molar-refractivity contribution in [2.24, 2.45) is 5.73 Å². The average molecular weight is 268 g/mol. The number of nitrogens with one attached hydrogen (secondary N) is 1. The van der Waals surface area contributed by atoms with Gasteiger partial charge >= 0.3 is 0 Å². The summed E-state index contributed by atoms with van der Waals surface area (Å²) in [4.78, 5) is 11.9. The minimum absolute atomic E-state index is 0.131. The van der Waals surface area contributed by atoms with Gasteiger partial charge < -0.3 is 15.8 Å². The van der Waals surface area contributed by atoms with Gasteiger partial charge in [-0.15, -0.1) is 0 Å². The Hall–Kier alpha value is -2.33. The number of ether oxygens (including phenoxy) is 1. The van der Waals surface area contributed by atoms with E-state index in [0.29, 0.717) is 24.4 Å². The molecule has 0 fully saturated rings. The van der Waals surface area contributed by atoms with Crippen molar-refractivity contribution in [3.8, 4) is 16.9 Å². The van der Waals surface area contributed by atoms with Crippen LogP contribution in [0.15, 0.2) is 48.5 Å². The van der Waals surface area contributed by atoms with Gasteiger partial charge in [0.15, 0.2) is 6.10 Å². The smallest absolute Gasteiger partial charge is 0.265 e. The van der Waals surface area contributed by atoms with Crippen LogP contribution in [-0.2, 0) is 4.79 Å². The standard InChI is InChI=1S/C16H16N2O2/c17-9-8-15-16(19)18-13-10-12(6-7-14(13)20-15)11-4-2-1-3-5-11/h1-7,10,15H,8-9,17H2,(H,18,19). The maximum absolute atomic E-state index is 11.9. The lowest BCUT2D eigenvalue weighted by Crippen LogP contribution is -2.38. The maximum Gasteiger partial charge on any atom is 0.265 e. The van der Waals surface area contributed by atoms with Crippen molar-refractivity contribution >= 4 is 11.6 Å². The minimum Gasteiger partial charge on any atom is -0.478 e. The van der Waals surface area contributed by atoms with Crippen LogP contribution in [0.4, 0.5) is 5.69 Å². The van der Waals surface area contributed by atoms with Crippen molar-refractivity contribution in [1.29, 1.82) is 0 Å². The summed E-state index contributed by atoms with van der Waals surface area (Å²) in [7, 11) is 0. The third-order valence-electron chi connectivity index (χ3n) is 3.34. The van der Waals surface area contributed by atoms with E-state index in [1.54, 1.807) is 0 Å². The van der Waals surface area contributed by atoms with E-state index in [2.05, 4.69) is 5.32 Å². The SMILES string of the molecule is NCCC1Oc2ccc(-c3ccccc3)cc2NC1=O. The number of nitrogens with two attached hydrogens (primary N) is 1. The Labute approximate surface area is 117 Å². The first kappa shape index (κ1) is 12.7. The highest BCUT2D eigenvalue weighted by molar-refractivity contribution is 5.98. The summed E-state index contributed by atoms with van der Waals surface area (Å²) in [6, 6.07) is 15.8. The van der Waals surface area contributed by atoms with E-state index in [-0.39, 0.29) is 5.91 Å². The number of rotatable bonds is 3. The van der Waals surface area contributed by atoms with Gasteiger partial charge in [0.1, 0.15) is 5.75 Å². The number of fused-ring (bicyclic) bond motifs is 1. The van der Waals surface area contributed by atoms with E-state index >= 15 is 0 Å². The first-order chi connectivity index (χ1) is 9.78. The topological polar surface area (TPSA) is 64.3 Å². The van der Waals surface area contributed by atoms with Crippen LogP contribution in [0.1, 0.15) is 6.42 Å². The van der Waals surface area contributed by atoms with Gasteiger partial charge in [-0.05, 0) is 29.8 Å².